The molecule has 2 aromatic heterocycles. The predicted octanol–water partition coefficient (Wildman–Crippen LogP) is 2.40. The highest BCUT2D eigenvalue weighted by Gasteiger charge is 2.10. The van der Waals surface area contributed by atoms with Crippen molar-refractivity contribution in [3.8, 4) is 17.0 Å². The zero-order chi connectivity index (χ0) is 19.2. The minimum atomic E-state index is -0.354. The van der Waals surface area contributed by atoms with Gasteiger partial charge in [0.15, 0.2) is 0 Å². The molecule has 0 atom stereocenters. The van der Waals surface area contributed by atoms with E-state index in [-0.39, 0.29) is 35.3 Å². The third kappa shape index (κ3) is 4.51. The first-order valence-corrected chi connectivity index (χ1v) is 8.57. The molecule has 27 heavy (non-hydrogen) atoms. The lowest BCUT2D eigenvalue weighted by Gasteiger charge is -2.09. The number of halogens is 1. The second kappa shape index (κ2) is 8.46. The second-order valence-electron chi connectivity index (χ2n) is 5.61. The molecule has 7 nitrogen and oxygen atoms in total. The van der Waals surface area contributed by atoms with Crippen molar-refractivity contribution in [3.05, 3.63) is 75.8 Å². The van der Waals surface area contributed by atoms with Gasteiger partial charge in [0, 0.05) is 24.4 Å². The zero-order valence-electron chi connectivity index (χ0n) is 14.6. The Kier molecular flexibility index (Phi) is 5.83. The van der Waals surface area contributed by atoms with E-state index in [0.29, 0.717) is 5.69 Å². The highest BCUT2D eigenvalue weighted by Crippen LogP contribution is 2.19. The van der Waals surface area contributed by atoms with Gasteiger partial charge in [-0.25, -0.2) is 9.67 Å². The predicted molar refractivity (Wildman–Crippen MR) is 102 cm³/mol. The molecule has 1 N–H and O–H groups in total. The molecule has 0 fully saturated rings. The standard InChI is InChI=1S/C19H17ClN4O3/c1-27-14-6-4-13(5-7-14)16-8-9-17(25)24(23-16)12-11-22-19(26)15-3-2-10-21-18(15)20/h2-10H,11-12H2,1H3,(H,22,26). The van der Waals surface area contributed by atoms with Crippen LogP contribution >= 0.6 is 11.6 Å². The molecule has 2 heterocycles. The first kappa shape index (κ1) is 18.6. The highest BCUT2D eigenvalue weighted by atomic mass is 35.5. The molecule has 1 amide bonds. The van der Waals surface area contributed by atoms with Crippen LogP contribution in [0, 0.1) is 0 Å². The van der Waals surface area contributed by atoms with Crippen molar-refractivity contribution >= 4 is 17.5 Å². The summed E-state index contributed by atoms with van der Waals surface area (Å²) in [5.74, 6) is 0.385. The second-order valence-corrected chi connectivity index (χ2v) is 5.96. The lowest BCUT2D eigenvalue weighted by Crippen LogP contribution is -2.32. The smallest absolute Gasteiger partial charge is 0.266 e. The first-order chi connectivity index (χ1) is 13.1. The van der Waals surface area contributed by atoms with Crippen LogP contribution in [0.2, 0.25) is 5.15 Å². The van der Waals surface area contributed by atoms with E-state index in [9.17, 15) is 9.59 Å². The molecule has 0 saturated heterocycles. The molecule has 8 heteroatoms. The number of hydrogen-bond donors (Lipinski definition) is 1. The van der Waals surface area contributed by atoms with Crippen molar-refractivity contribution in [3.63, 3.8) is 0 Å². The molecule has 3 rings (SSSR count). The Morgan fingerprint density at radius 3 is 2.67 bits per heavy atom. The largest absolute Gasteiger partial charge is 0.497 e. The van der Waals surface area contributed by atoms with Gasteiger partial charge in [0.05, 0.1) is 24.9 Å². The van der Waals surface area contributed by atoms with Crippen LogP contribution in [0.5, 0.6) is 5.75 Å². The summed E-state index contributed by atoms with van der Waals surface area (Å²) in [7, 11) is 1.60. The Morgan fingerprint density at radius 1 is 1.19 bits per heavy atom. The highest BCUT2D eigenvalue weighted by molar-refractivity contribution is 6.32. The van der Waals surface area contributed by atoms with E-state index >= 15 is 0 Å². The molecule has 0 bridgehead atoms. The fourth-order valence-corrected chi connectivity index (χ4v) is 2.66. The van der Waals surface area contributed by atoms with Crippen molar-refractivity contribution in [1.29, 1.82) is 0 Å². The molecule has 0 aliphatic rings. The SMILES string of the molecule is COc1ccc(-c2ccc(=O)n(CCNC(=O)c3cccnc3Cl)n2)cc1. The molecule has 0 saturated carbocycles. The summed E-state index contributed by atoms with van der Waals surface area (Å²) < 4.78 is 6.45. The van der Waals surface area contributed by atoms with E-state index < -0.39 is 0 Å². The number of benzene rings is 1. The number of aromatic nitrogens is 3. The van der Waals surface area contributed by atoms with Crippen LogP contribution in [0.4, 0.5) is 0 Å². The van der Waals surface area contributed by atoms with E-state index in [1.54, 1.807) is 25.3 Å². The average Bonchev–Trinajstić information content (AvgIpc) is 2.69. The Balaban J connectivity index is 1.69. The summed E-state index contributed by atoms with van der Waals surface area (Å²) in [5, 5.41) is 7.20. The van der Waals surface area contributed by atoms with Crippen LogP contribution in [0.3, 0.4) is 0 Å². The van der Waals surface area contributed by atoms with Crippen LogP contribution in [0.1, 0.15) is 10.4 Å². The molecule has 3 aromatic rings. The van der Waals surface area contributed by atoms with E-state index in [4.69, 9.17) is 16.3 Å². The maximum atomic E-state index is 12.1. The molecule has 1 aromatic carbocycles. The molecule has 138 valence electrons. The Hall–Kier alpha value is -3.19. The molecule has 0 spiro atoms. The number of carbonyl (C=O) groups is 1. The minimum absolute atomic E-state index is 0.131. The summed E-state index contributed by atoms with van der Waals surface area (Å²) in [5.41, 5.74) is 1.54. The van der Waals surface area contributed by atoms with E-state index in [2.05, 4.69) is 15.4 Å². The van der Waals surface area contributed by atoms with E-state index in [0.717, 1.165) is 11.3 Å². The third-order valence-corrected chi connectivity index (χ3v) is 4.17. The van der Waals surface area contributed by atoms with Crippen molar-refractivity contribution in [1.82, 2.24) is 20.1 Å². The summed E-state index contributed by atoms with van der Waals surface area (Å²) in [6.45, 7) is 0.454. The van der Waals surface area contributed by atoms with Crippen LogP contribution in [-0.2, 0) is 6.54 Å². The lowest BCUT2D eigenvalue weighted by molar-refractivity contribution is 0.0951. The number of rotatable bonds is 6. The van der Waals surface area contributed by atoms with Crippen LogP contribution in [0.25, 0.3) is 11.3 Å². The van der Waals surface area contributed by atoms with Crippen molar-refractivity contribution in [2.75, 3.05) is 13.7 Å². The Labute approximate surface area is 160 Å². The Bertz CT molecular complexity index is 1000. The zero-order valence-corrected chi connectivity index (χ0v) is 15.3. The molecular weight excluding hydrogens is 368 g/mol. The van der Waals surface area contributed by atoms with Gasteiger partial charge in [-0.05, 0) is 42.5 Å². The lowest BCUT2D eigenvalue weighted by atomic mass is 10.1. The van der Waals surface area contributed by atoms with Gasteiger partial charge in [0.1, 0.15) is 10.9 Å². The van der Waals surface area contributed by atoms with Gasteiger partial charge >= 0.3 is 0 Å². The first-order valence-electron chi connectivity index (χ1n) is 8.20. The number of ether oxygens (including phenoxy) is 1. The van der Waals surface area contributed by atoms with E-state index in [1.165, 1.54) is 16.9 Å². The molecular formula is C19H17ClN4O3. The molecule has 0 radical (unpaired) electrons. The number of hydrogen-bond acceptors (Lipinski definition) is 5. The van der Waals surface area contributed by atoms with Crippen molar-refractivity contribution < 1.29 is 9.53 Å². The van der Waals surface area contributed by atoms with E-state index in [1.807, 2.05) is 24.3 Å². The van der Waals surface area contributed by atoms with Gasteiger partial charge in [-0.3, -0.25) is 9.59 Å². The third-order valence-electron chi connectivity index (χ3n) is 3.87. The number of methoxy groups -OCH3 is 1. The number of carbonyl (C=O) groups excluding carboxylic acids is 1. The molecule has 0 aliphatic carbocycles. The molecule has 0 unspecified atom stereocenters. The van der Waals surface area contributed by atoms with Crippen LogP contribution in [-0.4, -0.2) is 34.3 Å². The summed E-state index contributed by atoms with van der Waals surface area (Å²) >= 11 is 5.90. The van der Waals surface area contributed by atoms with Gasteiger partial charge in [0.2, 0.25) is 0 Å². The van der Waals surface area contributed by atoms with Gasteiger partial charge in [-0.15, -0.1) is 0 Å². The normalized spacial score (nSPS) is 10.4. The number of nitrogens with one attached hydrogen (secondary N) is 1. The minimum Gasteiger partial charge on any atom is -0.497 e. The fourth-order valence-electron chi connectivity index (χ4n) is 2.45. The van der Waals surface area contributed by atoms with Gasteiger partial charge in [-0.2, -0.15) is 5.10 Å². The summed E-state index contributed by atoms with van der Waals surface area (Å²) in [4.78, 5) is 28.0. The van der Waals surface area contributed by atoms with Crippen LogP contribution < -0.4 is 15.6 Å². The van der Waals surface area contributed by atoms with Crippen molar-refractivity contribution in [2.24, 2.45) is 0 Å². The number of amides is 1. The summed E-state index contributed by atoms with van der Waals surface area (Å²) in [6.07, 6.45) is 1.51. The average molecular weight is 385 g/mol. The van der Waals surface area contributed by atoms with Gasteiger partial charge in [0.25, 0.3) is 11.5 Å². The van der Waals surface area contributed by atoms with Gasteiger partial charge in [-0.1, -0.05) is 11.6 Å². The number of pyridine rings is 1. The monoisotopic (exact) mass is 384 g/mol. The Morgan fingerprint density at radius 2 is 1.96 bits per heavy atom. The number of nitrogens with zero attached hydrogens (tertiary/aromatic N) is 3. The fraction of sp³-hybridized carbons (Fsp3) is 0.158. The maximum absolute atomic E-state index is 12.1. The van der Waals surface area contributed by atoms with Crippen molar-refractivity contribution in [2.45, 2.75) is 6.54 Å². The molecule has 0 aliphatic heterocycles. The quantitative estimate of drug-likeness (QED) is 0.659. The topological polar surface area (TPSA) is 86.1 Å². The van der Waals surface area contributed by atoms with Crippen LogP contribution in [0.15, 0.2) is 59.5 Å². The maximum Gasteiger partial charge on any atom is 0.266 e. The summed E-state index contributed by atoms with van der Waals surface area (Å²) in [6, 6.07) is 13.7. The van der Waals surface area contributed by atoms with Gasteiger partial charge < -0.3 is 10.1 Å².